The van der Waals surface area contributed by atoms with Crippen molar-refractivity contribution in [2.45, 2.75) is 19.6 Å². The van der Waals surface area contributed by atoms with Gasteiger partial charge in [0, 0.05) is 30.6 Å². The normalized spacial score (nSPS) is 11.7. The maximum absolute atomic E-state index is 10.5. The molecule has 1 N–H and O–H groups in total. The van der Waals surface area contributed by atoms with E-state index in [1.807, 2.05) is 54.5 Å². The van der Waals surface area contributed by atoms with Crippen LogP contribution in [0.2, 0.25) is 19.6 Å². The molecule has 3 aromatic carbocycles. The first-order chi connectivity index (χ1) is 18.8. The fraction of sp³-hybridized carbons (Fsp3) is 0.121. The molecule has 6 heteroatoms. The Labute approximate surface area is 229 Å². The molecule has 6 rings (SSSR count). The van der Waals surface area contributed by atoms with Crippen molar-refractivity contribution in [2.24, 2.45) is 7.05 Å². The number of phenolic OH excluding ortho intramolecular Hbond substituents is 1. The number of phenols is 1. The zero-order valence-electron chi connectivity index (χ0n) is 22.6. The van der Waals surface area contributed by atoms with Gasteiger partial charge in [-0.2, -0.15) is 0 Å². The number of nitrogens with zero attached hydrogens (tertiary/aromatic N) is 4. The van der Waals surface area contributed by atoms with E-state index in [0.717, 1.165) is 44.5 Å². The van der Waals surface area contributed by atoms with Crippen molar-refractivity contribution >= 4 is 24.3 Å². The molecule has 3 heterocycles. The Morgan fingerprint density at radius 2 is 1.41 bits per heavy atom. The minimum atomic E-state index is -1.45. The van der Waals surface area contributed by atoms with Crippen LogP contribution in [0.3, 0.4) is 0 Å². The van der Waals surface area contributed by atoms with E-state index in [0.29, 0.717) is 11.4 Å². The monoisotopic (exact) mass is 526 g/mol. The van der Waals surface area contributed by atoms with Gasteiger partial charge < -0.3 is 9.67 Å². The Bertz CT molecular complexity index is 1800. The van der Waals surface area contributed by atoms with E-state index in [-0.39, 0.29) is 5.75 Å². The second-order valence-corrected chi connectivity index (χ2v) is 16.0. The van der Waals surface area contributed by atoms with Crippen LogP contribution in [-0.2, 0) is 7.05 Å². The smallest absolute Gasteiger partial charge is 0.144 e. The minimum Gasteiger partial charge on any atom is -0.507 e. The first-order valence-corrected chi connectivity index (χ1v) is 16.6. The molecule has 0 aliphatic heterocycles. The van der Waals surface area contributed by atoms with Crippen LogP contribution < -0.4 is 5.19 Å². The summed E-state index contributed by atoms with van der Waals surface area (Å²) in [6.45, 7) is 7.01. The Hall–Kier alpha value is -4.55. The number of imidazole rings is 1. The third kappa shape index (κ3) is 4.64. The van der Waals surface area contributed by atoms with Gasteiger partial charge in [0.05, 0.1) is 31.0 Å². The average Bonchev–Trinajstić information content (AvgIpc) is 3.29. The van der Waals surface area contributed by atoms with Gasteiger partial charge in [0.25, 0.3) is 0 Å². The fourth-order valence-corrected chi connectivity index (χ4v) is 5.99. The van der Waals surface area contributed by atoms with Crippen molar-refractivity contribution in [1.82, 2.24) is 19.5 Å². The van der Waals surface area contributed by atoms with Crippen molar-refractivity contribution in [3.63, 3.8) is 0 Å². The van der Waals surface area contributed by atoms with Crippen molar-refractivity contribution in [3.05, 3.63) is 104 Å². The molecule has 0 fully saturated rings. The lowest BCUT2D eigenvalue weighted by molar-refractivity contribution is 0.476. The second kappa shape index (κ2) is 9.64. The number of hydrogen-bond acceptors (Lipinski definition) is 4. The number of fused-ring (bicyclic) bond motifs is 1. The maximum atomic E-state index is 10.5. The van der Waals surface area contributed by atoms with Crippen molar-refractivity contribution in [3.8, 4) is 50.6 Å². The zero-order chi connectivity index (χ0) is 27.1. The van der Waals surface area contributed by atoms with E-state index in [9.17, 15) is 5.11 Å². The molecule has 0 aliphatic carbocycles. The predicted molar refractivity (Wildman–Crippen MR) is 163 cm³/mol. The van der Waals surface area contributed by atoms with Crippen LogP contribution in [0.1, 0.15) is 0 Å². The summed E-state index contributed by atoms with van der Waals surface area (Å²) in [5.41, 5.74) is 8.59. The fourth-order valence-electron chi connectivity index (χ4n) is 4.95. The Kier molecular flexibility index (Phi) is 6.12. The number of hydrogen-bond donors (Lipinski definition) is 1. The van der Waals surface area contributed by atoms with E-state index >= 15 is 0 Å². The Balaban J connectivity index is 1.56. The van der Waals surface area contributed by atoms with Crippen molar-refractivity contribution in [2.75, 3.05) is 0 Å². The summed E-state index contributed by atoms with van der Waals surface area (Å²) >= 11 is 0. The largest absolute Gasteiger partial charge is 0.507 e. The molecule has 192 valence electrons. The number of aryl methyl sites for hydroxylation is 1. The molecule has 0 atom stereocenters. The quantitative estimate of drug-likeness (QED) is 0.240. The highest BCUT2D eigenvalue weighted by atomic mass is 28.3. The maximum Gasteiger partial charge on any atom is 0.144 e. The van der Waals surface area contributed by atoms with Gasteiger partial charge in [0.1, 0.15) is 17.1 Å². The highest BCUT2D eigenvalue weighted by Gasteiger charge is 2.19. The van der Waals surface area contributed by atoms with E-state index in [4.69, 9.17) is 9.97 Å². The molecule has 39 heavy (non-hydrogen) atoms. The minimum absolute atomic E-state index is 0.201. The summed E-state index contributed by atoms with van der Waals surface area (Å²) in [6, 6.07) is 28.6. The van der Waals surface area contributed by atoms with Crippen LogP contribution >= 0.6 is 0 Å². The van der Waals surface area contributed by atoms with Crippen LogP contribution in [0.4, 0.5) is 0 Å². The van der Waals surface area contributed by atoms with Crippen LogP contribution in [0.5, 0.6) is 5.75 Å². The van der Waals surface area contributed by atoms with Gasteiger partial charge in [0.2, 0.25) is 0 Å². The van der Waals surface area contributed by atoms with Gasteiger partial charge in [-0.25, -0.2) is 4.98 Å². The van der Waals surface area contributed by atoms with Crippen molar-refractivity contribution in [1.29, 1.82) is 0 Å². The number of aromatic nitrogens is 4. The molecule has 0 aliphatic rings. The molecule has 0 amide bonds. The van der Waals surface area contributed by atoms with E-state index in [2.05, 4.69) is 79.2 Å². The zero-order valence-corrected chi connectivity index (χ0v) is 23.6. The molecule has 5 nitrogen and oxygen atoms in total. The Morgan fingerprint density at radius 1 is 0.692 bits per heavy atom. The van der Waals surface area contributed by atoms with Gasteiger partial charge in [-0.15, -0.1) is 0 Å². The summed E-state index contributed by atoms with van der Waals surface area (Å²) in [5, 5.41) is 11.9. The third-order valence-electron chi connectivity index (χ3n) is 7.22. The predicted octanol–water partition coefficient (Wildman–Crippen LogP) is 7.28. The molecule has 0 spiro atoms. The molecule has 6 aromatic rings. The highest BCUT2D eigenvalue weighted by molar-refractivity contribution is 6.88. The number of pyridine rings is 2. The van der Waals surface area contributed by atoms with Crippen LogP contribution in [0, 0.1) is 0 Å². The molecule has 0 radical (unpaired) electrons. The number of benzene rings is 3. The molecular weight excluding hydrogens is 496 g/mol. The first kappa shape index (κ1) is 24.8. The molecular formula is C33H30N4OSi. The van der Waals surface area contributed by atoms with Gasteiger partial charge in [-0.1, -0.05) is 68.2 Å². The summed E-state index contributed by atoms with van der Waals surface area (Å²) in [7, 11) is 0.508. The SMILES string of the molecule is Cn1c(-c2ccccc2O)nc2c(-c3cc(-c4ccccc4)cc(-c4ccc([Si](C)(C)C)cn4)c3)cncc21. The third-order valence-corrected chi connectivity index (χ3v) is 9.24. The van der Waals surface area contributed by atoms with E-state index < -0.39 is 8.07 Å². The average molecular weight is 527 g/mol. The standard InChI is InChI=1S/C33H30N4OSi/c1-37-30-21-34-20-28(32(30)36-33(37)27-12-8-9-13-31(27)38)24-16-23(22-10-6-5-7-11-22)17-25(18-24)29-15-14-26(19-35-29)39(2,3)4/h5-21,38H,1-4H3. The van der Waals surface area contributed by atoms with Crippen LogP contribution in [-0.4, -0.2) is 32.7 Å². The molecule has 0 bridgehead atoms. The highest BCUT2D eigenvalue weighted by Crippen LogP contribution is 2.37. The summed E-state index contributed by atoms with van der Waals surface area (Å²) in [5.74, 6) is 0.895. The van der Waals surface area contributed by atoms with Gasteiger partial charge in [-0.05, 0) is 58.3 Å². The first-order valence-electron chi connectivity index (χ1n) is 13.1. The lowest BCUT2D eigenvalue weighted by atomic mass is 9.95. The Morgan fingerprint density at radius 3 is 2.13 bits per heavy atom. The van der Waals surface area contributed by atoms with E-state index in [1.165, 1.54) is 5.19 Å². The van der Waals surface area contributed by atoms with Crippen LogP contribution in [0.15, 0.2) is 104 Å². The second-order valence-electron chi connectivity index (χ2n) is 10.9. The van der Waals surface area contributed by atoms with E-state index in [1.54, 1.807) is 6.07 Å². The lowest BCUT2D eigenvalue weighted by Gasteiger charge is -2.16. The summed E-state index contributed by atoms with van der Waals surface area (Å²) in [6.07, 6.45) is 5.74. The van der Waals surface area contributed by atoms with Gasteiger partial charge >= 0.3 is 0 Å². The lowest BCUT2D eigenvalue weighted by Crippen LogP contribution is -2.37. The number of para-hydroxylation sites is 1. The van der Waals surface area contributed by atoms with Gasteiger partial charge in [-0.3, -0.25) is 9.97 Å². The van der Waals surface area contributed by atoms with Gasteiger partial charge in [0.15, 0.2) is 0 Å². The molecule has 0 unspecified atom stereocenters. The topological polar surface area (TPSA) is 63.8 Å². The molecule has 0 saturated carbocycles. The van der Waals surface area contributed by atoms with Crippen LogP contribution in [0.25, 0.3) is 55.9 Å². The number of aromatic hydroxyl groups is 1. The molecule has 0 saturated heterocycles. The summed E-state index contributed by atoms with van der Waals surface area (Å²) in [4.78, 5) is 14.5. The molecule has 3 aromatic heterocycles. The summed E-state index contributed by atoms with van der Waals surface area (Å²) < 4.78 is 1.99. The number of rotatable bonds is 5. The van der Waals surface area contributed by atoms with Crippen molar-refractivity contribution < 1.29 is 5.11 Å².